The first-order valence-corrected chi connectivity index (χ1v) is 8.44. The second-order valence-corrected chi connectivity index (χ2v) is 6.58. The van der Waals surface area contributed by atoms with E-state index in [0.29, 0.717) is 21.1 Å². The number of fused-ring (bicyclic) bond motifs is 1. The van der Waals surface area contributed by atoms with Crippen molar-refractivity contribution in [2.24, 2.45) is 0 Å². The summed E-state index contributed by atoms with van der Waals surface area (Å²) in [6.45, 7) is 0.222. The number of hydrogen-bond acceptors (Lipinski definition) is 4. The van der Waals surface area contributed by atoms with Gasteiger partial charge in [0, 0.05) is 18.1 Å². The van der Waals surface area contributed by atoms with Gasteiger partial charge in [0.25, 0.3) is 5.56 Å². The van der Waals surface area contributed by atoms with Gasteiger partial charge in [-0.2, -0.15) is 0 Å². The molecule has 7 heteroatoms. The maximum absolute atomic E-state index is 12.2. The van der Waals surface area contributed by atoms with E-state index in [4.69, 9.17) is 11.6 Å². The minimum Gasteiger partial charge on any atom is -0.335 e. The van der Waals surface area contributed by atoms with E-state index < -0.39 is 0 Å². The van der Waals surface area contributed by atoms with E-state index >= 15 is 0 Å². The van der Waals surface area contributed by atoms with E-state index in [1.165, 1.54) is 22.3 Å². The highest BCUT2D eigenvalue weighted by molar-refractivity contribution is 7.17. The average molecular weight is 360 g/mol. The first-order chi connectivity index (χ1) is 11.5. The number of likely N-dealkylation sites (N-methyl/N-ethyl adjacent to an activating group) is 1. The van der Waals surface area contributed by atoms with Crippen LogP contribution in [0.25, 0.3) is 16.3 Å². The molecule has 0 fully saturated rings. The number of thiophene rings is 1. The van der Waals surface area contributed by atoms with Gasteiger partial charge < -0.3 is 9.88 Å². The molecule has 2 aromatic heterocycles. The normalized spacial score (nSPS) is 11.2. The third-order valence-electron chi connectivity index (χ3n) is 3.39. The molecule has 0 unspecified atom stereocenters. The molecule has 1 aromatic carbocycles. The zero-order valence-corrected chi connectivity index (χ0v) is 14.4. The van der Waals surface area contributed by atoms with Crippen molar-refractivity contribution in [3.05, 3.63) is 68.6 Å². The molecule has 0 radical (unpaired) electrons. The number of nitrogens with one attached hydrogen (secondary N) is 1. The summed E-state index contributed by atoms with van der Waals surface area (Å²) in [6.07, 6.45) is 3.16. The van der Waals surface area contributed by atoms with E-state index in [1.54, 1.807) is 31.3 Å². The fourth-order valence-electron chi connectivity index (χ4n) is 2.20. The minimum atomic E-state index is -0.192. The van der Waals surface area contributed by atoms with Crippen LogP contribution in [-0.2, 0) is 11.3 Å². The fourth-order valence-corrected chi connectivity index (χ4v) is 3.13. The number of nitrogens with zero attached hydrogens (tertiary/aromatic N) is 2. The minimum absolute atomic E-state index is 0.180. The molecule has 24 heavy (non-hydrogen) atoms. The maximum Gasteiger partial charge on any atom is 0.268 e. The van der Waals surface area contributed by atoms with Crippen LogP contribution >= 0.6 is 22.9 Å². The van der Waals surface area contributed by atoms with E-state index in [-0.39, 0.29) is 18.0 Å². The van der Waals surface area contributed by atoms with Crippen molar-refractivity contribution in [3.63, 3.8) is 0 Å². The summed E-state index contributed by atoms with van der Waals surface area (Å²) in [4.78, 5) is 32.7. The fraction of sp³-hybridized carbons (Fsp3) is 0.118. The van der Waals surface area contributed by atoms with Crippen molar-refractivity contribution in [1.29, 1.82) is 0 Å². The Morgan fingerprint density at radius 3 is 3.04 bits per heavy atom. The third-order valence-corrected chi connectivity index (χ3v) is 4.53. The van der Waals surface area contributed by atoms with Crippen molar-refractivity contribution in [1.82, 2.24) is 14.9 Å². The van der Waals surface area contributed by atoms with Crippen LogP contribution in [0, 0.1) is 0 Å². The SMILES string of the molecule is CN(Cc1nc2ccsc2c(=O)[nH]1)C(=O)/C=C/c1cccc(Cl)c1. The van der Waals surface area contributed by atoms with E-state index in [0.717, 1.165) is 5.56 Å². The Hall–Kier alpha value is -2.44. The van der Waals surface area contributed by atoms with E-state index in [9.17, 15) is 9.59 Å². The average Bonchev–Trinajstić information content (AvgIpc) is 3.01. The molecule has 0 atom stereocenters. The lowest BCUT2D eigenvalue weighted by Crippen LogP contribution is -2.26. The van der Waals surface area contributed by atoms with Crippen LogP contribution in [0.2, 0.25) is 5.02 Å². The van der Waals surface area contributed by atoms with Crippen LogP contribution in [0.3, 0.4) is 0 Å². The maximum atomic E-state index is 12.2. The molecule has 0 saturated carbocycles. The van der Waals surface area contributed by atoms with Crippen molar-refractivity contribution in [3.8, 4) is 0 Å². The number of H-pyrrole nitrogens is 1. The quantitative estimate of drug-likeness (QED) is 0.727. The van der Waals surface area contributed by atoms with Crippen molar-refractivity contribution in [2.75, 3.05) is 7.05 Å². The summed E-state index contributed by atoms with van der Waals surface area (Å²) >= 11 is 7.26. The van der Waals surface area contributed by atoms with Gasteiger partial charge in [0.15, 0.2) is 0 Å². The van der Waals surface area contributed by atoms with Gasteiger partial charge in [0.05, 0.1) is 12.1 Å². The lowest BCUT2D eigenvalue weighted by atomic mass is 10.2. The lowest BCUT2D eigenvalue weighted by molar-refractivity contribution is -0.125. The van der Waals surface area contributed by atoms with Crippen molar-refractivity contribution >= 4 is 45.1 Å². The molecule has 122 valence electrons. The molecule has 0 aliphatic rings. The van der Waals surface area contributed by atoms with Gasteiger partial charge in [0.1, 0.15) is 10.5 Å². The summed E-state index contributed by atoms with van der Waals surface area (Å²) < 4.78 is 0.591. The topological polar surface area (TPSA) is 66.1 Å². The molecule has 3 rings (SSSR count). The van der Waals surface area contributed by atoms with Gasteiger partial charge in [-0.3, -0.25) is 9.59 Å². The predicted molar refractivity (Wildman–Crippen MR) is 97.2 cm³/mol. The number of carbonyl (C=O) groups is 1. The number of rotatable bonds is 4. The second kappa shape index (κ2) is 6.98. The number of halogens is 1. The second-order valence-electron chi connectivity index (χ2n) is 5.23. The molecule has 3 aromatic rings. The number of amides is 1. The molecule has 0 spiro atoms. The zero-order chi connectivity index (χ0) is 17.1. The van der Waals surface area contributed by atoms with Gasteiger partial charge in [-0.25, -0.2) is 4.98 Å². The Bertz CT molecular complexity index is 977. The third kappa shape index (κ3) is 3.72. The molecular weight excluding hydrogens is 346 g/mol. The van der Waals surface area contributed by atoms with E-state index in [1.807, 2.05) is 17.5 Å². The molecule has 0 aliphatic carbocycles. The summed E-state index contributed by atoms with van der Waals surface area (Å²) in [6, 6.07) is 9.02. The number of aromatic amines is 1. The van der Waals surface area contributed by atoms with Crippen molar-refractivity contribution in [2.45, 2.75) is 6.54 Å². The largest absolute Gasteiger partial charge is 0.335 e. The van der Waals surface area contributed by atoms with Gasteiger partial charge >= 0.3 is 0 Å². The molecule has 2 heterocycles. The predicted octanol–water partition coefficient (Wildman–Crippen LogP) is 3.31. The first-order valence-electron chi connectivity index (χ1n) is 7.18. The molecular formula is C17H14ClN3O2S. The monoisotopic (exact) mass is 359 g/mol. The summed E-state index contributed by atoms with van der Waals surface area (Å²) in [7, 11) is 1.66. The molecule has 5 nitrogen and oxygen atoms in total. The zero-order valence-electron chi connectivity index (χ0n) is 12.8. The standard InChI is InChI=1S/C17H14ClN3O2S/c1-21(15(22)6-5-11-3-2-4-12(18)9-11)10-14-19-13-7-8-24-16(13)17(23)20-14/h2-9H,10H2,1H3,(H,19,20,23)/b6-5+. The highest BCUT2D eigenvalue weighted by atomic mass is 35.5. The van der Waals surface area contributed by atoms with Gasteiger partial charge in [-0.1, -0.05) is 23.7 Å². The van der Waals surface area contributed by atoms with Crippen LogP contribution in [0.4, 0.5) is 0 Å². The van der Waals surface area contributed by atoms with Crippen LogP contribution in [0.15, 0.2) is 46.6 Å². The van der Waals surface area contributed by atoms with E-state index in [2.05, 4.69) is 9.97 Å². The summed E-state index contributed by atoms with van der Waals surface area (Å²) in [5.41, 5.74) is 1.31. The molecule has 1 amide bonds. The van der Waals surface area contributed by atoms with Gasteiger partial charge in [-0.05, 0) is 35.2 Å². The van der Waals surface area contributed by atoms with Gasteiger partial charge in [-0.15, -0.1) is 11.3 Å². The van der Waals surface area contributed by atoms with Crippen molar-refractivity contribution < 1.29 is 4.79 Å². The van der Waals surface area contributed by atoms with Crippen LogP contribution < -0.4 is 5.56 Å². The molecule has 0 saturated heterocycles. The highest BCUT2D eigenvalue weighted by Crippen LogP contribution is 2.14. The number of aromatic nitrogens is 2. The van der Waals surface area contributed by atoms with Crippen LogP contribution in [-0.4, -0.2) is 27.8 Å². The molecule has 1 N–H and O–H groups in total. The first kappa shape index (κ1) is 16.4. The summed E-state index contributed by atoms with van der Waals surface area (Å²) in [5.74, 6) is 0.265. The Balaban J connectivity index is 1.72. The lowest BCUT2D eigenvalue weighted by Gasteiger charge is -2.14. The number of carbonyl (C=O) groups excluding carboxylic acids is 1. The summed E-state index contributed by atoms with van der Waals surface area (Å²) in [5, 5.41) is 2.43. The number of hydrogen-bond donors (Lipinski definition) is 1. The smallest absolute Gasteiger partial charge is 0.268 e. The Morgan fingerprint density at radius 1 is 1.42 bits per heavy atom. The highest BCUT2D eigenvalue weighted by Gasteiger charge is 2.10. The van der Waals surface area contributed by atoms with Crippen LogP contribution in [0.5, 0.6) is 0 Å². The molecule has 0 bridgehead atoms. The van der Waals surface area contributed by atoms with Crippen LogP contribution in [0.1, 0.15) is 11.4 Å². The van der Waals surface area contributed by atoms with Gasteiger partial charge in [0.2, 0.25) is 5.91 Å². The number of benzene rings is 1. The Kier molecular flexibility index (Phi) is 4.78. The Morgan fingerprint density at radius 2 is 2.25 bits per heavy atom. The Labute approximate surface area is 147 Å². The molecule has 0 aliphatic heterocycles.